The highest BCUT2D eigenvalue weighted by Crippen LogP contribution is 2.30. The van der Waals surface area contributed by atoms with E-state index in [4.69, 9.17) is 19.4 Å². The van der Waals surface area contributed by atoms with Crippen molar-refractivity contribution >= 4 is 25.4 Å². The second-order valence-electron chi connectivity index (χ2n) is 4.52. The Morgan fingerprint density at radius 3 is 3.00 bits per heavy atom. The third kappa shape index (κ3) is 1.76. The van der Waals surface area contributed by atoms with Gasteiger partial charge in [0.1, 0.15) is 0 Å². The Bertz CT molecular complexity index is 480. The SMILES string of the molecule is [B]C1C(=O)N2CCCN2Cc2cc(Cl)ccc21. The summed E-state index contributed by atoms with van der Waals surface area (Å²) in [5, 5.41) is 4.53. The predicted octanol–water partition coefficient (Wildman–Crippen LogP) is 1.51. The highest BCUT2D eigenvalue weighted by Gasteiger charge is 2.34. The van der Waals surface area contributed by atoms with Gasteiger partial charge in [-0.1, -0.05) is 17.7 Å². The molecule has 0 bridgehead atoms. The van der Waals surface area contributed by atoms with Gasteiger partial charge in [-0.2, -0.15) is 0 Å². The zero-order chi connectivity index (χ0) is 12.0. The minimum atomic E-state index is -0.564. The van der Waals surface area contributed by atoms with Crippen molar-refractivity contribution in [1.82, 2.24) is 10.0 Å². The number of fused-ring (bicyclic) bond motifs is 2. The van der Waals surface area contributed by atoms with Crippen molar-refractivity contribution in [3.63, 3.8) is 0 Å². The minimum absolute atomic E-state index is 0.0106. The molecule has 0 spiro atoms. The average Bonchev–Trinajstić information content (AvgIpc) is 2.72. The molecule has 3 rings (SSSR count). The van der Waals surface area contributed by atoms with Crippen LogP contribution in [-0.2, 0) is 11.3 Å². The molecule has 5 heteroatoms. The molecule has 1 amide bonds. The van der Waals surface area contributed by atoms with Crippen LogP contribution in [0.2, 0.25) is 5.02 Å². The summed E-state index contributed by atoms with van der Waals surface area (Å²) < 4.78 is 0. The Balaban J connectivity index is 2.08. The van der Waals surface area contributed by atoms with E-state index in [0.29, 0.717) is 5.02 Å². The summed E-state index contributed by atoms with van der Waals surface area (Å²) >= 11 is 6.00. The Labute approximate surface area is 107 Å². The molecule has 2 radical (unpaired) electrons. The first kappa shape index (κ1) is 11.1. The molecule has 0 aliphatic carbocycles. The molecule has 2 aliphatic rings. The average molecular weight is 247 g/mol. The van der Waals surface area contributed by atoms with E-state index in [1.807, 2.05) is 12.1 Å². The molecule has 3 nitrogen and oxygen atoms in total. The van der Waals surface area contributed by atoms with Crippen molar-refractivity contribution in [1.29, 1.82) is 0 Å². The lowest BCUT2D eigenvalue weighted by molar-refractivity contribution is -0.143. The highest BCUT2D eigenvalue weighted by atomic mass is 35.5. The van der Waals surface area contributed by atoms with Crippen molar-refractivity contribution in [2.24, 2.45) is 0 Å². The van der Waals surface area contributed by atoms with Gasteiger partial charge in [0.05, 0.1) is 7.85 Å². The van der Waals surface area contributed by atoms with E-state index in [1.54, 1.807) is 11.1 Å². The number of halogens is 1. The van der Waals surface area contributed by atoms with Gasteiger partial charge in [-0.3, -0.25) is 9.80 Å². The Hall–Kier alpha value is -0.995. The number of carbonyl (C=O) groups excluding carboxylic acids is 1. The van der Waals surface area contributed by atoms with Crippen LogP contribution >= 0.6 is 11.6 Å². The quantitative estimate of drug-likeness (QED) is 0.648. The van der Waals surface area contributed by atoms with Crippen LogP contribution in [0.3, 0.4) is 0 Å². The van der Waals surface area contributed by atoms with Crippen LogP contribution in [0.1, 0.15) is 23.4 Å². The molecule has 1 saturated heterocycles. The minimum Gasteiger partial charge on any atom is -0.275 e. The lowest BCUT2D eigenvalue weighted by Gasteiger charge is -2.26. The number of amides is 1. The molecule has 1 aromatic carbocycles. The predicted molar refractivity (Wildman–Crippen MR) is 66.7 cm³/mol. The largest absolute Gasteiger partial charge is 0.275 e. The first-order valence-electron chi connectivity index (χ1n) is 5.77. The summed E-state index contributed by atoms with van der Waals surface area (Å²) in [6, 6.07) is 5.56. The van der Waals surface area contributed by atoms with Gasteiger partial charge >= 0.3 is 0 Å². The maximum absolute atomic E-state index is 12.2. The summed E-state index contributed by atoms with van der Waals surface area (Å²) in [4.78, 5) is 12.2. The monoisotopic (exact) mass is 246 g/mol. The first-order chi connectivity index (χ1) is 8.16. The maximum atomic E-state index is 12.2. The molecule has 1 fully saturated rings. The molecule has 1 unspecified atom stereocenters. The van der Waals surface area contributed by atoms with E-state index >= 15 is 0 Å². The summed E-state index contributed by atoms with van der Waals surface area (Å²) in [7, 11) is 6.03. The van der Waals surface area contributed by atoms with Crippen LogP contribution in [0.4, 0.5) is 0 Å². The lowest BCUT2D eigenvalue weighted by Crippen LogP contribution is -2.41. The fourth-order valence-electron chi connectivity index (χ4n) is 2.58. The van der Waals surface area contributed by atoms with Gasteiger partial charge in [0.25, 0.3) is 0 Å². The highest BCUT2D eigenvalue weighted by molar-refractivity contribution is 6.30. The summed E-state index contributed by atoms with van der Waals surface area (Å²) in [6.45, 7) is 2.40. The van der Waals surface area contributed by atoms with Crippen LogP contribution < -0.4 is 0 Å². The van der Waals surface area contributed by atoms with Crippen molar-refractivity contribution < 1.29 is 4.79 Å². The van der Waals surface area contributed by atoms with Crippen LogP contribution in [0.5, 0.6) is 0 Å². The number of hydrogen-bond acceptors (Lipinski definition) is 2. The molecule has 0 N–H and O–H groups in total. The van der Waals surface area contributed by atoms with E-state index in [-0.39, 0.29) is 5.91 Å². The molecule has 2 heterocycles. The normalized spacial score (nSPS) is 24.4. The van der Waals surface area contributed by atoms with Crippen molar-refractivity contribution in [3.8, 4) is 0 Å². The smallest absolute Gasteiger partial charge is 0.235 e. The van der Waals surface area contributed by atoms with Gasteiger partial charge in [0.15, 0.2) is 0 Å². The molecule has 0 saturated carbocycles. The maximum Gasteiger partial charge on any atom is 0.235 e. The summed E-state index contributed by atoms with van der Waals surface area (Å²) in [6.07, 6.45) is 1.01. The number of hydrazine groups is 1. The Kier molecular flexibility index (Phi) is 2.64. The van der Waals surface area contributed by atoms with Crippen LogP contribution in [0.25, 0.3) is 0 Å². The lowest BCUT2D eigenvalue weighted by atomic mass is 9.78. The van der Waals surface area contributed by atoms with Crippen molar-refractivity contribution in [3.05, 3.63) is 34.3 Å². The Morgan fingerprint density at radius 2 is 2.18 bits per heavy atom. The van der Waals surface area contributed by atoms with Crippen LogP contribution in [0.15, 0.2) is 18.2 Å². The number of rotatable bonds is 0. The van der Waals surface area contributed by atoms with Gasteiger partial charge in [-0.25, -0.2) is 5.01 Å². The Morgan fingerprint density at radius 1 is 1.35 bits per heavy atom. The van der Waals surface area contributed by atoms with Crippen molar-refractivity contribution in [2.75, 3.05) is 13.1 Å². The van der Waals surface area contributed by atoms with E-state index in [9.17, 15) is 4.79 Å². The third-order valence-corrected chi connectivity index (χ3v) is 3.68. The second-order valence-corrected chi connectivity index (χ2v) is 4.96. The molecular formula is C12H12BClN2O. The second kappa shape index (κ2) is 4.04. The molecule has 86 valence electrons. The van der Waals surface area contributed by atoms with Gasteiger partial charge in [0.2, 0.25) is 5.91 Å². The van der Waals surface area contributed by atoms with Crippen LogP contribution in [-0.4, -0.2) is 36.9 Å². The van der Waals surface area contributed by atoms with Gasteiger partial charge in [-0.15, -0.1) is 0 Å². The molecule has 1 atom stereocenters. The van der Waals surface area contributed by atoms with Crippen molar-refractivity contribution in [2.45, 2.75) is 18.8 Å². The number of benzene rings is 1. The number of carbonyl (C=O) groups is 1. The fraction of sp³-hybridized carbons (Fsp3) is 0.417. The van der Waals surface area contributed by atoms with E-state index in [0.717, 1.165) is 37.2 Å². The first-order valence-corrected chi connectivity index (χ1v) is 6.15. The van der Waals surface area contributed by atoms with Gasteiger partial charge < -0.3 is 0 Å². The molecule has 0 aromatic heterocycles. The molecule has 2 aliphatic heterocycles. The van der Waals surface area contributed by atoms with E-state index in [2.05, 4.69) is 5.01 Å². The summed E-state index contributed by atoms with van der Waals surface area (Å²) in [5.41, 5.74) is 1.96. The molecule has 17 heavy (non-hydrogen) atoms. The molecular weight excluding hydrogens is 234 g/mol. The summed E-state index contributed by atoms with van der Waals surface area (Å²) in [5.74, 6) is -0.575. The number of nitrogens with zero attached hydrogens (tertiary/aromatic N) is 2. The standard InChI is InChI=1S/C12H12BClN2O/c13-11-10-3-2-9(14)6-8(10)7-15-4-1-5-16(15)12(11)17/h2-3,6,11H,1,4-5,7H2. The fourth-order valence-corrected chi connectivity index (χ4v) is 2.78. The zero-order valence-corrected chi connectivity index (χ0v) is 10.2. The van der Waals surface area contributed by atoms with Crippen LogP contribution in [0, 0.1) is 0 Å². The topological polar surface area (TPSA) is 23.6 Å². The van der Waals surface area contributed by atoms with Gasteiger partial charge in [0, 0.05) is 30.5 Å². The van der Waals surface area contributed by atoms with E-state index in [1.165, 1.54) is 0 Å². The van der Waals surface area contributed by atoms with E-state index < -0.39 is 5.82 Å². The third-order valence-electron chi connectivity index (χ3n) is 3.44. The zero-order valence-electron chi connectivity index (χ0n) is 9.40. The number of hydrogen-bond donors (Lipinski definition) is 0. The molecule has 1 aromatic rings. The van der Waals surface area contributed by atoms with Gasteiger partial charge in [-0.05, 0) is 29.7 Å².